The summed E-state index contributed by atoms with van der Waals surface area (Å²) >= 11 is 1.49. The van der Waals surface area contributed by atoms with Crippen molar-refractivity contribution in [1.29, 1.82) is 0 Å². The number of hydrogen-bond acceptors (Lipinski definition) is 7. The van der Waals surface area contributed by atoms with Crippen molar-refractivity contribution in [3.8, 4) is 11.5 Å². The fourth-order valence-corrected chi connectivity index (χ4v) is 6.19. The highest BCUT2D eigenvalue weighted by molar-refractivity contribution is 7.98. The summed E-state index contributed by atoms with van der Waals surface area (Å²) in [7, 11) is -2.68. The number of carbonyl (C=O) groups excluding carboxylic acids is 2. The number of ether oxygens (including phenoxy) is 2. The molecule has 3 aromatic rings. The number of rotatable bonds is 13. The fraction of sp³-hybridized carbons (Fsp3) is 0.375. The standard InChI is InChI=1S/C32H41N3O6S2/c1-8-41-29-15-10-9-14-28(29)35(43(38,39)27-18-16-26(42-7)17-19-27)22-30(36)34(23(2)31(37)33-32(3,4)5)21-24-12-11-13-25(20-24)40-6/h9-20,23H,8,21-22H2,1-7H3,(H,33,37)/t23-/m1/s1. The molecule has 2 amide bonds. The van der Waals surface area contributed by atoms with Crippen LogP contribution in [0, 0.1) is 0 Å². The van der Waals surface area contributed by atoms with Crippen LogP contribution in [0.4, 0.5) is 5.69 Å². The molecule has 0 radical (unpaired) electrons. The van der Waals surface area contributed by atoms with Gasteiger partial charge < -0.3 is 19.7 Å². The number of anilines is 1. The van der Waals surface area contributed by atoms with Gasteiger partial charge in [-0.1, -0.05) is 24.3 Å². The van der Waals surface area contributed by atoms with Crippen LogP contribution in [-0.2, 0) is 26.2 Å². The van der Waals surface area contributed by atoms with Gasteiger partial charge in [-0.15, -0.1) is 11.8 Å². The zero-order chi connectivity index (χ0) is 31.8. The number of sulfonamides is 1. The highest BCUT2D eigenvalue weighted by Gasteiger charge is 2.34. The van der Waals surface area contributed by atoms with Gasteiger partial charge in [0.2, 0.25) is 11.8 Å². The smallest absolute Gasteiger partial charge is 0.264 e. The van der Waals surface area contributed by atoms with Gasteiger partial charge in [0.25, 0.3) is 10.0 Å². The molecular formula is C32H41N3O6S2. The van der Waals surface area contributed by atoms with Gasteiger partial charge in [-0.25, -0.2) is 8.42 Å². The lowest BCUT2D eigenvalue weighted by Gasteiger charge is -2.33. The van der Waals surface area contributed by atoms with Crippen LogP contribution in [-0.4, -0.2) is 63.2 Å². The second-order valence-electron chi connectivity index (χ2n) is 10.9. The lowest BCUT2D eigenvalue weighted by molar-refractivity contribution is -0.140. The van der Waals surface area contributed by atoms with Crippen LogP contribution >= 0.6 is 11.8 Å². The Morgan fingerprint density at radius 3 is 2.28 bits per heavy atom. The van der Waals surface area contributed by atoms with E-state index in [1.165, 1.54) is 28.8 Å². The van der Waals surface area contributed by atoms with Crippen molar-refractivity contribution in [3.63, 3.8) is 0 Å². The average Bonchev–Trinajstić information content (AvgIpc) is 2.98. The third-order valence-electron chi connectivity index (χ3n) is 6.51. The molecule has 0 aliphatic rings. The Bertz CT molecular complexity index is 1500. The first-order valence-electron chi connectivity index (χ1n) is 13.9. The lowest BCUT2D eigenvalue weighted by atomic mass is 10.1. The Hall–Kier alpha value is -3.70. The van der Waals surface area contributed by atoms with E-state index in [2.05, 4.69) is 5.32 Å². The zero-order valence-corrected chi connectivity index (χ0v) is 27.4. The minimum absolute atomic E-state index is 0.0299. The molecule has 0 unspecified atom stereocenters. The first-order chi connectivity index (χ1) is 20.3. The van der Waals surface area contributed by atoms with E-state index in [0.29, 0.717) is 18.1 Å². The minimum atomic E-state index is -4.23. The van der Waals surface area contributed by atoms with Crippen LogP contribution in [0.1, 0.15) is 40.2 Å². The van der Waals surface area contributed by atoms with Gasteiger partial charge in [-0.3, -0.25) is 13.9 Å². The first kappa shape index (κ1) is 33.8. The number of hydrogen-bond donors (Lipinski definition) is 1. The SMILES string of the molecule is CCOc1ccccc1N(CC(=O)N(Cc1cccc(OC)c1)[C@H](C)C(=O)NC(C)(C)C)S(=O)(=O)c1ccc(SC)cc1. The Balaban J connectivity index is 2.10. The summed E-state index contributed by atoms with van der Waals surface area (Å²) in [5.41, 5.74) is 0.407. The molecule has 0 spiro atoms. The Kier molecular flexibility index (Phi) is 11.5. The van der Waals surface area contributed by atoms with Crippen molar-refractivity contribution in [3.05, 3.63) is 78.4 Å². The van der Waals surface area contributed by atoms with Crippen molar-refractivity contribution in [1.82, 2.24) is 10.2 Å². The van der Waals surface area contributed by atoms with Gasteiger partial charge in [-0.2, -0.15) is 0 Å². The number of carbonyl (C=O) groups is 2. The zero-order valence-electron chi connectivity index (χ0n) is 25.8. The molecule has 3 aromatic carbocycles. The Morgan fingerprint density at radius 1 is 1.00 bits per heavy atom. The topological polar surface area (TPSA) is 105 Å². The average molecular weight is 628 g/mol. The van der Waals surface area contributed by atoms with E-state index in [9.17, 15) is 18.0 Å². The number of nitrogens with one attached hydrogen (secondary N) is 1. The molecule has 1 atom stereocenters. The summed E-state index contributed by atoms with van der Waals surface area (Å²) in [5, 5.41) is 2.93. The maximum atomic E-state index is 14.2. The summed E-state index contributed by atoms with van der Waals surface area (Å²) in [4.78, 5) is 29.8. The van der Waals surface area contributed by atoms with Gasteiger partial charge in [0.15, 0.2) is 0 Å². The summed E-state index contributed by atoms with van der Waals surface area (Å²) in [6.07, 6.45) is 1.90. The molecule has 0 fully saturated rings. The number of para-hydroxylation sites is 2. The summed E-state index contributed by atoms with van der Waals surface area (Å²) < 4.78 is 40.5. The summed E-state index contributed by atoms with van der Waals surface area (Å²) in [5.74, 6) is -0.00396. The third-order valence-corrected chi connectivity index (χ3v) is 9.03. The molecule has 1 N–H and O–H groups in total. The monoisotopic (exact) mass is 627 g/mol. The van der Waals surface area contributed by atoms with Crippen LogP contribution in [0.2, 0.25) is 0 Å². The largest absolute Gasteiger partial charge is 0.497 e. The fourth-order valence-electron chi connectivity index (χ4n) is 4.35. The summed E-state index contributed by atoms with van der Waals surface area (Å²) in [6.45, 7) is 8.78. The second kappa shape index (κ2) is 14.7. The highest BCUT2D eigenvalue weighted by Crippen LogP contribution is 2.33. The molecule has 0 aliphatic heterocycles. The molecule has 3 rings (SSSR count). The van der Waals surface area contributed by atoms with Crippen molar-refractivity contribution in [2.75, 3.05) is 30.8 Å². The molecule has 0 saturated carbocycles. The molecule has 9 nitrogen and oxygen atoms in total. The number of benzene rings is 3. The number of thioether (sulfide) groups is 1. The molecule has 0 aliphatic carbocycles. The number of nitrogens with zero attached hydrogens (tertiary/aromatic N) is 2. The van der Waals surface area contributed by atoms with E-state index in [0.717, 1.165) is 14.8 Å². The van der Waals surface area contributed by atoms with E-state index in [4.69, 9.17) is 9.47 Å². The van der Waals surface area contributed by atoms with Crippen LogP contribution in [0.5, 0.6) is 11.5 Å². The number of methoxy groups -OCH3 is 1. The maximum absolute atomic E-state index is 14.2. The molecule has 0 aromatic heterocycles. The van der Waals surface area contributed by atoms with E-state index in [1.54, 1.807) is 75.6 Å². The van der Waals surface area contributed by atoms with Crippen molar-refractivity contribution in [2.45, 2.75) is 62.5 Å². The minimum Gasteiger partial charge on any atom is -0.497 e. The second-order valence-corrected chi connectivity index (χ2v) is 13.6. The molecule has 0 heterocycles. The predicted octanol–water partition coefficient (Wildman–Crippen LogP) is 5.34. The van der Waals surface area contributed by atoms with Gasteiger partial charge in [0.05, 0.1) is 24.3 Å². The van der Waals surface area contributed by atoms with Crippen molar-refractivity contribution >= 4 is 39.3 Å². The van der Waals surface area contributed by atoms with Gasteiger partial charge in [0, 0.05) is 17.0 Å². The molecular weight excluding hydrogens is 587 g/mol. The quantitative estimate of drug-likeness (QED) is 0.255. The van der Waals surface area contributed by atoms with Crippen molar-refractivity contribution in [2.24, 2.45) is 0 Å². The highest BCUT2D eigenvalue weighted by atomic mass is 32.2. The molecule has 0 bridgehead atoms. The van der Waals surface area contributed by atoms with Crippen LogP contribution in [0.25, 0.3) is 0 Å². The molecule has 11 heteroatoms. The van der Waals surface area contributed by atoms with E-state index in [-0.39, 0.29) is 23.0 Å². The lowest BCUT2D eigenvalue weighted by Crippen LogP contribution is -2.54. The summed E-state index contributed by atoms with van der Waals surface area (Å²) in [6, 6.07) is 19.5. The maximum Gasteiger partial charge on any atom is 0.264 e. The molecule has 43 heavy (non-hydrogen) atoms. The molecule has 0 saturated heterocycles. The first-order valence-corrected chi connectivity index (χ1v) is 16.6. The van der Waals surface area contributed by atoms with E-state index >= 15 is 0 Å². The Labute approximate surface area is 259 Å². The van der Waals surface area contributed by atoms with E-state index < -0.39 is 34.1 Å². The van der Waals surface area contributed by atoms with Crippen LogP contribution in [0.15, 0.2) is 82.6 Å². The third kappa shape index (κ3) is 8.90. The van der Waals surface area contributed by atoms with Crippen LogP contribution in [0.3, 0.4) is 0 Å². The predicted molar refractivity (Wildman–Crippen MR) is 171 cm³/mol. The number of amides is 2. The van der Waals surface area contributed by atoms with Gasteiger partial charge >= 0.3 is 0 Å². The molecule has 232 valence electrons. The van der Waals surface area contributed by atoms with Gasteiger partial charge in [-0.05, 0) is 95.0 Å². The normalized spacial score (nSPS) is 12.3. The Morgan fingerprint density at radius 2 is 1.67 bits per heavy atom. The van der Waals surface area contributed by atoms with Crippen LogP contribution < -0.4 is 19.1 Å². The van der Waals surface area contributed by atoms with Crippen molar-refractivity contribution < 1.29 is 27.5 Å². The van der Waals surface area contributed by atoms with Gasteiger partial charge in [0.1, 0.15) is 24.1 Å². The van der Waals surface area contributed by atoms with E-state index in [1.807, 2.05) is 33.1 Å².